The van der Waals surface area contributed by atoms with Crippen LogP contribution in [0, 0.1) is 40.4 Å². The number of Topliss-reactive ketones (excluding diaryl/α,β-unsaturated/α-hetero) is 1. The van der Waals surface area contributed by atoms with Gasteiger partial charge in [0.1, 0.15) is 5.78 Å². The quantitative estimate of drug-likeness (QED) is 0.388. The smallest absolute Gasteiger partial charge is 0.726 e. The first-order chi connectivity index (χ1) is 12.5. The van der Waals surface area contributed by atoms with Gasteiger partial charge in [0.2, 0.25) is 10.4 Å². The Morgan fingerprint density at radius 3 is 2.25 bits per heavy atom. The van der Waals surface area contributed by atoms with Crippen molar-refractivity contribution in [2.45, 2.75) is 84.7 Å². The fourth-order valence-electron chi connectivity index (χ4n) is 8.14. The molecule has 0 aromatic rings. The summed E-state index contributed by atoms with van der Waals surface area (Å²) in [5.74, 6) is 3.04. The summed E-state index contributed by atoms with van der Waals surface area (Å²) < 4.78 is 37.8. The van der Waals surface area contributed by atoms with E-state index in [4.69, 9.17) is 4.18 Å². The molecule has 28 heavy (non-hydrogen) atoms. The third-order valence-corrected chi connectivity index (χ3v) is 9.87. The van der Waals surface area contributed by atoms with Crippen LogP contribution in [0.4, 0.5) is 0 Å². The van der Waals surface area contributed by atoms with Crippen molar-refractivity contribution in [3.05, 3.63) is 0 Å². The zero-order valence-corrected chi connectivity index (χ0v) is 20.6. The summed E-state index contributed by atoms with van der Waals surface area (Å²) >= 11 is 0. The number of carbonyl (C=O) groups is 1. The van der Waals surface area contributed by atoms with Gasteiger partial charge in [-0.3, -0.25) is 8.98 Å². The fraction of sp³-hybridized carbons (Fsp3) is 0.952. The van der Waals surface area contributed by atoms with Crippen molar-refractivity contribution >= 4 is 16.2 Å². The van der Waals surface area contributed by atoms with Gasteiger partial charge in [0.15, 0.2) is 0 Å². The molecule has 0 aromatic heterocycles. The van der Waals surface area contributed by atoms with Crippen molar-refractivity contribution < 1.29 is 51.5 Å². The van der Waals surface area contributed by atoms with E-state index in [-0.39, 0.29) is 46.3 Å². The van der Waals surface area contributed by atoms with E-state index < -0.39 is 16.5 Å². The van der Waals surface area contributed by atoms with E-state index in [1.807, 2.05) is 0 Å². The molecule has 5 unspecified atom stereocenters. The molecule has 7 heteroatoms. The number of hydrogen-bond donors (Lipinski definition) is 0. The van der Waals surface area contributed by atoms with E-state index in [0.29, 0.717) is 42.3 Å². The zero-order chi connectivity index (χ0) is 19.6. The molecule has 8 atom stereocenters. The topological polar surface area (TPSA) is 83.5 Å². The number of ketones is 1. The van der Waals surface area contributed by atoms with Crippen LogP contribution in [-0.4, -0.2) is 24.9 Å². The van der Waals surface area contributed by atoms with Crippen molar-refractivity contribution in [3.63, 3.8) is 0 Å². The van der Waals surface area contributed by atoms with Crippen molar-refractivity contribution in [1.82, 2.24) is 0 Å². The summed E-state index contributed by atoms with van der Waals surface area (Å²) in [6.45, 7) is 6.54. The van der Waals surface area contributed by atoms with Crippen molar-refractivity contribution in [3.8, 4) is 0 Å². The maximum absolute atomic E-state index is 12.2. The molecule has 4 aliphatic rings. The van der Waals surface area contributed by atoms with Gasteiger partial charge in [-0.15, -0.1) is 0 Å². The molecule has 0 aromatic carbocycles. The first kappa shape index (κ1) is 23.2. The van der Waals surface area contributed by atoms with Gasteiger partial charge in [0.25, 0.3) is 0 Å². The van der Waals surface area contributed by atoms with Gasteiger partial charge in [-0.1, -0.05) is 13.8 Å². The molecular formula is C21H33NaO5S. The molecule has 4 fully saturated rings. The Bertz CT molecular complexity index is 724. The van der Waals surface area contributed by atoms with Gasteiger partial charge >= 0.3 is 29.6 Å². The number of hydrogen-bond acceptors (Lipinski definition) is 5. The Hall–Kier alpha value is 0.540. The minimum atomic E-state index is -4.62. The Labute approximate surface area is 192 Å². The van der Waals surface area contributed by atoms with Gasteiger partial charge in [-0.05, 0) is 99.2 Å². The van der Waals surface area contributed by atoms with Crippen LogP contribution in [0.15, 0.2) is 0 Å². The van der Waals surface area contributed by atoms with Crippen LogP contribution in [0.2, 0.25) is 0 Å². The summed E-state index contributed by atoms with van der Waals surface area (Å²) in [4.78, 5) is 12.2. The summed E-state index contributed by atoms with van der Waals surface area (Å²) in [5.41, 5.74) is 0.387. The SMILES string of the molecule is CC(=O)[C@H]1CCC2C3CCC4CC(OS(=O)(=O)[O-])CC[C@]4(C)C3CC[C@@]21C.[Na+]. The number of carbonyl (C=O) groups excluding carboxylic acids is 1. The molecule has 0 aliphatic heterocycles. The second-order valence-corrected chi connectivity index (χ2v) is 11.4. The van der Waals surface area contributed by atoms with E-state index in [9.17, 15) is 17.8 Å². The molecule has 4 saturated carbocycles. The first-order valence-electron chi connectivity index (χ1n) is 10.7. The van der Waals surface area contributed by atoms with E-state index in [1.165, 1.54) is 19.3 Å². The minimum Gasteiger partial charge on any atom is -0.726 e. The third kappa shape index (κ3) is 3.80. The Kier molecular flexibility index (Phi) is 6.55. The monoisotopic (exact) mass is 420 g/mol. The molecule has 0 amide bonds. The Morgan fingerprint density at radius 2 is 1.61 bits per heavy atom. The summed E-state index contributed by atoms with van der Waals surface area (Å²) in [5, 5.41) is 0. The molecular weight excluding hydrogens is 387 g/mol. The molecule has 0 saturated heterocycles. The Balaban J connectivity index is 0.00000225. The molecule has 0 bridgehead atoms. The standard InChI is InChI=1S/C21H34O5S.Na/c1-13(22)17-6-7-18-16-5-4-14-12-15(26-27(23,24)25)8-10-20(14,2)19(16)9-11-21(17,18)3;/h14-19H,4-12H2,1-3H3,(H,23,24,25);/q;+1/p-1/t14?,15?,16?,17-,18?,19?,20+,21-;/m1./s1. The van der Waals surface area contributed by atoms with E-state index in [2.05, 4.69) is 13.8 Å². The van der Waals surface area contributed by atoms with Crippen LogP contribution in [0.3, 0.4) is 0 Å². The van der Waals surface area contributed by atoms with Crippen LogP contribution < -0.4 is 29.6 Å². The first-order valence-corrected chi connectivity index (χ1v) is 12.0. The number of fused-ring (bicyclic) bond motifs is 5. The molecule has 0 spiro atoms. The third-order valence-electron chi connectivity index (χ3n) is 9.36. The summed E-state index contributed by atoms with van der Waals surface area (Å²) in [7, 11) is -4.62. The number of rotatable bonds is 3. The Morgan fingerprint density at radius 1 is 0.964 bits per heavy atom. The normalized spacial score (nSPS) is 48.0. The van der Waals surface area contributed by atoms with E-state index >= 15 is 0 Å². The van der Waals surface area contributed by atoms with Crippen molar-refractivity contribution in [2.24, 2.45) is 40.4 Å². The van der Waals surface area contributed by atoms with Crippen LogP contribution in [-0.2, 0) is 19.4 Å². The fourth-order valence-corrected chi connectivity index (χ4v) is 8.65. The van der Waals surface area contributed by atoms with Gasteiger partial charge in [-0.2, -0.15) is 0 Å². The molecule has 154 valence electrons. The second kappa shape index (κ2) is 7.90. The summed E-state index contributed by atoms with van der Waals surface area (Å²) in [6, 6.07) is 0. The minimum absolute atomic E-state index is 0. The van der Waals surface area contributed by atoms with Gasteiger partial charge in [-0.25, -0.2) is 8.42 Å². The maximum Gasteiger partial charge on any atom is 1.00 e. The average molecular weight is 421 g/mol. The molecule has 0 radical (unpaired) electrons. The predicted octanol–water partition coefficient (Wildman–Crippen LogP) is 1.08. The largest absolute Gasteiger partial charge is 1.00 e. The molecule has 4 aliphatic carbocycles. The maximum atomic E-state index is 12.2. The van der Waals surface area contributed by atoms with Crippen LogP contribution >= 0.6 is 0 Å². The van der Waals surface area contributed by atoms with Gasteiger partial charge in [0.05, 0.1) is 6.10 Å². The van der Waals surface area contributed by atoms with Gasteiger partial charge < -0.3 is 4.55 Å². The summed E-state index contributed by atoms with van der Waals surface area (Å²) in [6.07, 6.45) is 8.68. The predicted molar refractivity (Wildman–Crippen MR) is 100 cm³/mol. The van der Waals surface area contributed by atoms with Crippen molar-refractivity contribution in [1.29, 1.82) is 0 Å². The second-order valence-electron chi connectivity index (χ2n) is 10.3. The van der Waals surface area contributed by atoms with Crippen molar-refractivity contribution in [2.75, 3.05) is 0 Å². The van der Waals surface area contributed by atoms with Crippen LogP contribution in [0.25, 0.3) is 0 Å². The van der Waals surface area contributed by atoms with E-state index in [0.717, 1.165) is 25.7 Å². The van der Waals surface area contributed by atoms with Gasteiger partial charge in [0, 0.05) is 5.92 Å². The van der Waals surface area contributed by atoms with Crippen LogP contribution in [0.5, 0.6) is 0 Å². The molecule has 0 heterocycles. The average Bonchev–Trinajstić information content (AvgIpc) is 2.91. The molecule has 0 N–H and O–H groups in total. The van der Waals surface area contributed by atoms with Crippen LogP contribution in [0.1, 0.15) is 78.6 Å². The molecule has 4 rings (SSSR count). The zero-order valence-electron chi connectivity index (χ0n) is 17.8. The van der Waals surface area contributed by atoms with E-state index in [1.54, 1.807) is 6.92 Å². The molecule has 5 nitrogen and oxygen atoms in total.